The van der Waals surface area contributed by atoms with E-state index in [4.69, 9.17) is 4.74 Å². The molecule has 0 aliphatic carbocycles. The highest BCUT2D eigenvalue weighted by Gasteiger charge is 2.19. The summed E-state index contributed by atoms with van der Waals surface area (Å²) in [5.74, 6) is 0.166. The molecule has 0 saturated heterocycles. The lowest BCUT2D eigenvalue weighted by Crippen LogP contribution is -2.45. The maximum atomic E-state index is 11.5. The number of ether oxygens (including phenoxy) is 1. The number of carbonyl (C=O) groups excluding carboxylic acids is 1. The van der Waals surface area contributed by atoms with Crippen molar-refractivity contribution in [1.82, 2.24) is 9.80 Å². The highest BCUT2D eigenvalue weighted by Crippen LogP contribution is 1.95. The Kier molecular flexibility index (Phi) is 5.42. The van der Waals surface area contributed by atoms with Crippen molar-refractivity contribution in [3.05, 3.63) is 0 Å². The number of rotatable bonds is 5. The van der Waals surface area contributed by atoms with Gasteiger partial charge in [-0.1, -0.05) is 0 Å². The van der Waals surface area contributed by atoms with Crippen molar-refractivity contribution in [3.63, 3.8) is 0 Å². The predicted octanol–water partition coefficient (Wildman–Crippen LogP) is -0.880. The summed E-state index contributed by atoms with van der Waals surface area (Å²) in [6.45, 7) is 4.98. The Morgan fingerprint density at radius 2 is 2.31 bits per heavy atom. The van der Waals surface area contributed by atoms with Crippen molar-refractivity contribution in [3.8, 4) is 0 Å². The van der Waals surface area contributed by atoms with Crippen molar-refractivity contribution >= 4 is 12.1 Å². The van der Waals surface area contributed by atoms with Crippen molar-refractivity contribution in [1.29, 1.82) is 0 Å². The van der Waals surface area contributed by atoms with Gasteiger partial charge in [0.15, 0.2) is 19.3 Å². The van der Waals surface area contributed by atoms with Crippen molar-refractivity contribution in [2.24, 2.45) is 0 Å². The smallest absolute Gasteiger partial charge is 0.236 e. The Hall–Kier alpha value is -0.940. The molecule has 0 atom stereocenters. The zero-order valence-corrected chi connectivity index (χ0v) is 10.5. The summed E-state index contributed by atoms with van der Waals surface area (Å²) in [5, 5.41) is 0. The lowest BCUT2D eigenvalue weighted by atomic mass is 10.3. The predicted molar refractivity (Wildman–Crippen MR) is 63.1 cm³/mol. The van der Waals surface area contributed by atoms with Gasteiger partial charge in [-0.25, -0.2) is 4.58 Å². The van der Waals surface area contributed by atoms with Crippen LogP contribution in [0.4, 0.5) is 0 Å². The molecule has 16 heavy (non-hydrogen) atoms. The topological polar surface area (TPSA) is 35.8 Å². The van der Waals surface area contributed by atoms with Crippen LogP contribution in [0.3, 0.4) is 0 Å². The van der Waals surface area contributed by atoms with Crippen LogP contribution in [0.15, 0.2) is 0 Å². The molecule has 0 aromatic rings. The Morgan fingerprint density at radius 1 is 1.56 bits per heavy atom. The Balaban J connectivity index is 2.30. The van der Waals surface area contributed by atoms with Crippen LogP contribution in [0.2, 0.25) is 0 Å². The van der Waals surface area contributed by atoms with E-state index in [2.05, 4.69) is 15.7 Å². The molecule has 1 heterocycles. The van der Waals surface area contributed by atoms with Crippen molar-refractivity contribution < 1.29 is 14.1 Å². The number of amides is 1. The summed E-state index contributed by atoms with van der Waals surface area (Å²) in [6, 6.07) is 0. The van der Waals surface area contributed by atoms with Crippen LogP contribution in [-0.4, -0.2) is 87.0 Å². The van der Waals surface area contributed by atoms with Crippen LogP contribution < -0.4 is 0 Å². The van der Waals surface area contributed by atoms with Gasteiger partial charge in [0, 0.05) is 21.2 Å². The van der Waals surface area contributed by atoms with Gasteiger partial charge in [0.25, 0.3) is 0 Å². The first-order valence-electron chi connectivity index (χ1n) is 5.62. The number of nitrogens with zero attached hydrogens (tertiary/aromatic N) is 3. The molecule has 0 bridgehead atoms. The zero-order valence-electron chi connectivity index (χ0n) is 10.5. The molecule has 1 amide bonds. The van der Waals surface area contributed by atoms with Gasteiger partial charge in [-0.3, -0.25) is 9.69 Å². The third-order valence-electron chi connectivity index (χ3n) is 2.74. The minimum atomic E-state index is 0.166. The minimum Gasteiger partial charge on any atom is -0.378 e. The van der Waals surface area contributed by atoms with E-state index in [0.717, 1.165) is 32.8 Å². The summed E-state index contributed by atoms with van der Waals surface area (Å²) in [5.41, 5.74) is 0. The fourth-order valence-electron chi connectivity index (χ4n) is 1.57. The van der Waals surface area contributed by atoms with Crippen molar-refractivity contribution in [2.45, 2.75) is 0 Å². The Morgan fingerprint density at radius 3 is 2.81 bits per heavy atom. The molecular formula is C11H22N3O2+. The van der Waals surface area contributed by atoms with Gasteiger partial charge in [0.05, 0.1) is 19.6 Å². The fourth-order valence-corrected chi connectivity index (χ4v) is 1.57. The molecule has 92 valence electrons. The monoisotopic (exact) mass is 228 g/mol. The summed E-state index contributed by atoms with van der Waals surface area (Å²) >= 11 is 0. The fraction of sp³-hybridized carbons (Fsp3) is 0.818. The second-order valence-corrected chi connectivity index (χ2v) is 4.23. The second kappa shape index (κ2) is 6.60. The van der Waals surface area contributed by atoms with E-state index in [9.17, 15) is 4.79 Å². The minimum absolute atomic E-state index is 0.166. The highest BCUT2D eigenvalue weighted by molar-refractivity contribution is 5.78. The molecule has 0 spiro atoms. The zero-order chi connectivity index (χ0) is 12.0. The molecule has 0 unspecified atom stereocenters. The van der Waals surface area contributed by atoms with E-state index in [1.165, 1.54) is 0 Å². The third kappa shape index (κ3) is 4.28. The number of hydrogen-bond donors (Lipinski definition) is 0. The maximum Gasteiger partial charge on any atom is 0.236 e. The first-order valence-corrected chi connectivity index (χ1v) is 5.62. The standard InChI is InChI=1S/C11H22N3O2/c1-12(2)11(15)10-14-6-4-13(5-7-14)8-9-16-3/h4H,5-10H2,1-3H3/q+1. The summed E-state index contributed by atoms with van der Waals surface area (Å²) in [6.07, 6.45) is 2.14. The Bertz CT molecular complexity index is 264. The van der Waals surface area contributed by atoms with Crippen LogP contribution in [-0.2, 0) is 9.53 Å². The second-order valence-electron chi connectivity index (χ2n) is 4.23. The molecule has 0 fully saturated rings. The van der Waals surface area contributed by atoms with E-state index in [-0.39, 0.29) is 5.91 Å². The van der Waals surface area contributed by atoms with E-state index < -0.39 is 0 Å². The molecule has 1 aliphatic heterocycles. The molecule has 5 heteroatoms. The average molecular weight is 228 g/mol. The molecular weight excluding hydrogens is 206 g/mol. The average Bonchev–Trinajstić information content (AvgIpc) is 2.28. The molecule has 0 aromatic heterocycles. The lowest BCUT2D eigenvalue weighted by molar-refractivity contribution is -0.531. The van der Waals surface area contributed by atoms with Gasteiger partial charge >= 0.3 is 0 Å². The number of hydrogen-bond acceptors (Lipinski definition) is 3. The van der Waals surface area contributed by atoms with Gasteiger partial charge in [0.1, 0.15) is 6.61 Å². The highest BCUT2D eigenvalue weighted by atomic mass is 16.5. The normalized spacial score (nSPS) is 17.1. The summed E-state index contributed by atoms with van der Waals surface area (Å²) in [4.78, 5) is 15.3. The third-order valence-corrected chi connectivity index (χ3v) is 2.74. The number of methoxy groups -OCH3 is 1. The maximum absolute atomic E-state index is 11.5. The van der Waals surface area contributed by atoms with Gasteiger partial charge in [-0.2, -0.15) is 0 Å². The molecule has 1 rings (SSSR count). The van der Waals surface area contributed by atoms with E-state index >= 15 is 0 Å². The van der Waals surface area contributed by atoms with Gasteiger partial charge in [-0.15, -0.1) is 0 Å². The quantitative estimate of drug-likeness (QED) is 0.573. The number of likely N-dealkylation sites (N-methyl/N-ethyl adjacent to an activating group) is 1. The molecule has 1 aliphatic rings. The molecule has 5 nitrogen and oxygen atoms in total. The largest absolute Gasteiger partial charge is 0.378 e. The lowest BCUT2D eigenvalue weighted by Gasteiger charge is -2.23. The summed E-state index contributed by atoms with van der Waals surface area (Å²) in [7, 11) is 5.30. The van der Waals surface area contributed by atoms with Crippen LogP contribution in [0.5, 0.6) is 0 Å². The van der Waals surface area contributed by atoms with E-state index in [1.807, 2.05) is 0 Å². The molecule has 0 aromatic carbocycles. The first-order chi connectivity index (χ1) is 7.63. The van der Waals surface area contributed by atoms with Crippen LogP contribution in [0.1, 0.15) is 0 Å². The van der Waals surface area contributed by atoms with Crippen LogP contribution >= 0.6 is 0 Å². The SMILES string of the molecule is COCC[N+]1=CCN(CC(=O)N(C)C)CC1. The van der Waals surface area contributed by atoms with Crippen LogP contribution in [0, 0.1) is 0 Å². The first kappa shape index (κ1) is 13.1. The van der Waals surface area contributed by atoms with E-state index in [0.29, 0.717) is 6.54 Å². The summed E-state index contributed by atoms with van der Waals surface area (Å²) < 4.78 is 7.28. The van der Waals surface area contributed by atoms with Crippen LogP contribution in [0.25, 0.3) is 0 Å². The molecule has 0 N–H and O–H groups in total. The Labute approximate surface area is 97.3 Å². The number of carbonyl (C=O) groups is 1. The van der Waals surface area contributed by atoms with Crippen molar-refractivity contribution in [2.75, 3.05) is 60.5 Å². The van der Waals surface area contributed by atoms with Gasteiger partial charge in [0.2, 0.25) is 5.91 Å². The van der Waals surface area contributed by atoms with Gasteiger partial charge < -0.3 is 9.64 Å². The van der Waals surface area contributed by atoms with Gasteiger partial charge in [-0.05, 0) is 0 Å². The molecule has 0 radical (unpaired) electrons. The molecule has 0 saturated carbocycles. The van der Waals surface area contributed by atoms with E-state index in [1.54, 1.807) is 26.1 Å².